The molecule has 184 valence electrons. The van der Waals surface area contributed by atoms with Crippen LogP contribution in [0.25, 0.3) is 11.3 Å². The molecule has 1 atom stereocenters. The van der Waals surface area contributed by atoms with Gasteiger partial charge in [0.2, 0.25) is 0 Å². The Hall–Kier alpha value is -3.17. The number of hydrogen-bond acceptors (Lipinski definition) is 6. The number of amides is 1. The van der Waals surface area contributed by atoms with E-state index in [1.165, 1.54) is 0 Å². The highest BCUT2D eigenvalue weighted by molar-refractivity contribution is 7.91. The topological polar surface area (TPSA) is 84.7 Å². The highest BCUT2D eigenvalue weighted by Gasteiger charge is 2.35. The lowest BCUT2D eigenvalue weighted by Gasteiger charge is -2.37. The average Bonchev–Trinajstić information content (AvgIpc) is 3.47. The normalized spacial score (nSPS) is 20.1. The molecule has 3 aromatic rings. The van der Waals surface area contributed by atoms with E-state index in [-0.39, 0.29) is 23.5 Å². The zero-order chi connectivity index (χ0) is 24.4. The molecule has 35 heavy (non-hydrogen) atoms. The van der Waals surface area contributed by atoms with Crippen LogP contribution in [0.5, 0.6) is 5.75 Å². The molecule has 0 saturated carbocycles. The number of carbonyl (C=O) groups is 1. The third-order valence-corrected chi connectivity index (χ3v) is 8.62. The molecule has 9 heteroatoms. The molecular formula is C26H30N4O4S. The van der Waals surface area contributed by atoms with Crippen LogP contribution in [0.2, 0.25) is 0 Å². The fourth-order valence-electron chi connectivity index (χ4n) is 4.99. The monoisotopic (exact) mass is 494 g/mol. The summed E-state index contributed by atoms with van der Waals surface area (Å²) >= 11 is 0. The predicted octanol–water partition coefficient (Wildman–Crippen LogP) is 2.55. The van der Waals surface area contributed by atoms with Gasteiger partial charge in [0.1, 0.15) is 11.4 Å². The zero-order valence-electron chi connectivity index (χ0n) is 19.8. The first kappa shape index (κ1) is 23.6. The Balaban J connectivity index is 1.39. The van der Waals surface area contributed by atoms with Crippen LogP contribution >= 0.6 is 0 Å². The van der Waals surface area contributed by atoms with Gasteiger partial charge in [0.25, 0.3) is 5.91 Å². The van der Waals surface area contributed by atoms with Gasteiger partial charge in [-0.05, 0) is 24.1 Å². The molecule has 2 aliphatic rings. The predicted molar refractivity (Wildman–Crippen MR) is 134 cm³/mol. The first-order chi connectivity index (χ1) is 16.9. The number of methoxy groups -OCH3 is 1. The molecule has 2 aromatic carbocycles. The van der Waals surface area contributed by atoms with Gasteiger partial charge in [0.05, 0.1) is 30.7 Å². The van der Waals surface area contributed by atoms with Crippen LogP contribution in [0.3, 0.4) is 0 Å². The van der Waals surface area contributed by atoms with Gasteiger partial charge in [0.15, 0.2) is 9.84 Å². The summed E-state index contributed by atoms with van der Waals surface area (Å²) in [5.74, 6) is 1.09. The van der Waals surface area contributed by atoms with Crippen LogP contribution in [-0.4, -0.2) is 84.7 Å². The third kappa shape index (κ3) is 5.11. The summed E-state index contributed by atoms with van der Waals surface area (Å²) in [6.45, 7) is 3.03. The van der Waals surface area contributed by atoms with Gasteiger partial charge in [-0.3, -0.25) is 14.4 Å². The zero-order valence-corrected chi connectivity index (χ0v) is 20.7. The molecule has 8 nitrogen and oxygen atoms in total. The fraction of sp³-hybridized carbons (Fsp3) is 0.385. The van der Waals surface area contributed by atoms with Gasteiger partial charge in [-0.1, -0.05) is 42.5 Å². The van der Waals surface area contributed by atoms with Crippen molar-refractivity contribution >= 4 is 15.7 Å². The molecule has 2 aliphatic heterocycles. The van der Waals surface area contributed by atoms with Crippen molar-refractivity contribution in [1.82, 2.24) is 19.6 Å². The van der Waals surface area contributed by atoms with Gasteiger partial charge in [-0.15, -0.1) is 0 Å². The molecule has 2 fully saturated rings. The number of carbonyl (C=O) groups excluding carboxylic acids is 1. The minimum absolute atomic E-state index is 0.0648. The molecule has 2 saturated heterocycles. The van der Waals surface area contributed by atoms with E-state index < -0.39 is 9.84 Å². The van der Waals surface area contributed by atoms with Crippen LogP contribution < -0.4 is 4.74 Å². The number of aromatic nitrogens is 2. The Kier molecular flexibility index (Phi) is 6.62. The smallest absolute Gasteiger partial charge is 0.257 e. The Morgan fingerprint density at radius 2 is 1.74 bits per heavy atom. The maximum Gasteiger partial charge on any atom is 0.257 e. The summed E-state index contributed by atoms with van der Waals surface area (Å²) in [6.07, 6.45) is 2.51. The molecule has 0 N–H and O–H groups in total. The molecule has 0 radical (unpaired) electrons. The molecule has 5 rings (SSSR count). The van der Waals surface area contributed by atoms with Crippen molar-refractivity contribution in [2.24, 2.45) is 0 Å². The summed E-state index contributed by atoms with van der Waals surface area (Å²) in [5, 5.41) is 4.81. The number of para-hydroxylation sites is 1. The Morgan fingerprint density at radius 3 is 2.43 bits per heavy atom. The van der Waals surface area contributed by atoms with Gasteiger partial charge >= 0.3 is 0 Å². The van der Waals surface area contributed by atoms with E-state index in [2.05, 4.69) is 4.90 Å². The highest BCUT2D eigenvalue weighted by atomic mass is 32.2. The molecule has 0 spiro atoms. The number of rotatable bonds is 6. The van der Waals surface area contributed by atoms with Crippen LogP contribution in [0.15, 0.2) is 60.8 Å². The largest absolute Gasteiger partial charge is 0.496 e. The van der Waals surface area contributed by atoms with E-state index in [0.717, 1.165) is 11.1 Å². The summed E-state index contributed by atoms with van der Waals surface area (Å²) in [7, 11) is -1.31. The van der Waals surface area contributed by atoms with Gasteiger partial charge < -0.3 is 9.64 Å². The first-order valence-electron chi connectivity index (χ1n) is 11.9. The Bertz CT molecular complexity index is 1300. The van der Waals surface area contributed by atoms with Crippen LogP contribution in [0.1, 0.15) is 22.3 Å². The average molecular weight is 495 g/mol. The minimum Gasteiger partial charge on any atom is -0.496 e. The molecule has 0 bridgehead atoms. The maximum absolute atomic E-state index is 13.7. The lowest BCUT2D eigenvalue weighted by Crippen LogP contribution is -2.52. The Morgan fingerprint density at radius 1 is 1.03 bits per heavy atom. The number of piperazine rings is 1. The van der Waals surface area contributed by atoms with Crippen LogP contribution in [0.4, 0.5) is 0 Å². The third-order valence-electron chi connectivity index (χ3n) is 6.87. The van der Waals surface area contributed by atoms with E-state index in [0.29, 0.717) is 56.2 Å². The van der Waals surface area contributed by atoms with E-state index in [1.807, 2.05) is 70.4 Å². The lowest BCUT2D eigenvalue weighted by atomic mass is 10.1. The number of ether oxygens (including phenoxy) is 1. The van der Waals surface area contributed by atoms with Crippen molar-refractivity contribution in [3.63, 3.8) is 0 Å². The minimum atomic E-state index is -2.93. The maximum atomic E-state index is 13.7. The fourth-order valence-corrected chi connectivity index (χ4v) is 6.75. The van der Waals surface area contributed by atoms with Gasteiger partial charge in [0, 0.05) is 44.0 Å². The molecular weight excluding hydrogens is 464 g/mol. The van der Waals surface area contributed by atoms with E-state index in [9.17, 15) is 13.2 Å². The van der Waals surface area contributed by atoms with E-state index >= 15 is 0 Å². The van der Waals surface area contributed by atoms with Crippen molar-refractivity contribution in [3.05, 3.63) is 71.9 Å². The molecule has 1 amide bonds. The second-order valence-electron chi connectivity index (χ2n) is 9.16. The molecule has 3 heterocycles. The summed E-state index contributed by atoms with van der Waals surface area (Å²) in [5.41, 5.74) is 3.02. The van der Waals surface area contributed by atoms with Crippen molar-refractivity contribution < 1.29 is 17.9 Å². The highest BCUT2D eigenvalue weighted by Crippen LogP contribution is 2.32. The van der Waals surface area contributed by atoms with Crippen molar-refractivity contribution in [2.75, 3.05) is 44.8 Å². The number of nitrogens with zero attached hydrogens (tertiary/aromatic N) is 4. The number of benzene rings is 2. The van der Waals surface area contributed by atoms with Crippen LogP contribution in [-0.2, 0) is 16.4 Å². The molecule has 0 aliphatic carbocycles. The van der Waals surface area contributed by atoms with Gasteiger partial charge in [-0.2, -0.15) is 5.10 Å². The summed E-state index contributed by atoms with van der Waals surface area (Å²) in [6, 6.07) is 17.7. The summed E-state index contributed by atoms with van der Waals surface area (Å²) < 4.78 is 31.2. The first-order valence-corrected chi connectivity index (χ1v) is 13.7. The van der Waals surface area contributed by atoms with E-state index in [1.54, 1.807) is 7.11 Å². The quantitative estimate of drug-likeness (QED) is 0.524. The second kappa shape index (κ2) is 9.83. The Labute approximate surface area is 206 Å². The van der Waals surface area contributed by atoms with Crippen molar-refractivity contribution in [2.45, 2.75) is 19.0 Å². The number of hydrogen-bond donors (Lipinski definition) is 0. The van der Waals surface area contributed by atoms with Crippen molar-refractivity contribution in [1.29, 1.82) is 0 Å². The molecule has 1 aromatic heterocycles. The van der Waals surface area contributed by atoms with Crippen molar-refractivity contribution in [3.8, 4) is 17.0 Å². The van der Waals surface area contributed by atoms with Crippen LogP contribution in [0, 0.1) is 0 Å². The summed E-state index contributed by atoms with van der Waals surface area (Å²) in [4.78, 5) is 17.8. The molecule has 0 unspecified atom stereocenters. The number of sulfone groups is 1. The second-order valence-corrected chi connectivity index (χ2v) is 11.4. The van der Waals surface area contributed by atoms with Gasteiger partial charge in [-0.25, -0.2) is 8.42 Å². The standard InChI is InChI=1S/C26H30N4O4S/c1-34-24-10-6-5-9-22(24)25-23(18-30(27-25)17-20-7-3-2-4-8-20)26(31)29-14-12-28(13-15-29)21-11-16-35(32,33)19-21/h2-10,18,21H,11-17,19H2,1H3/t21-/m1/s1. The SMILES string of the molecule is COc1ccccc1-c1nn(Cc2ccccc2)cc1C(=O)N1CCN([C@@H]2CCS(=O)(=O)C2)CC1. The van der Waals surface area contributed by atoms with E-state index in [4.69, 9.17) is 9.84 Å². The lowest BCUT2D eigenvalue weighted by molar-refractivity contribution is 0.0588.